The van der Waals surface area contributed by atoms with E-state index in [0.29, 0.717) is 65.2 Å². The van der Waals surface area contributed by atoms with E-state index in [9.17, 15) is 19.8 Å². The summed E-state index contributed by atoms with van der Waals surface area (Å²) in [4.78, 5) is 31.7. The van der Waals surface area contributed by atoms with Gasteiger partial charge in [-0.1, -0.05) is 154 Å². The molecule has 0 rings (SSSR count). The van der Waals surface area contributed by atoms with Gasteiger partial charge in [0.15, 0.2) is 0 Å². The van der Waals surface area contributed by atoms with Gasteiger partial charge in [-0.2, -0.15) is 0 Å². The summed E-state index contributed by atoms with van der Waals surface area (Å²) >= 11 is 0. The smallest absolute Gasteiger partial charge is 0.237 e. The molecule has 4 unspecified atom stereocenters. The fourth-order valence-corrected chi connectivity index (χ4v) is 10.6. The molecule has 0 aliphatic heterocycles. The molecule has 4 atom stereocenters. The van der Waals surface area contributed by atoms with Crippen LogP contribution in [0.15, 0.2) is 24.3 Å². The van der Waals surface area contributed by atoms with Crippen LogP contribution in [0, 0.1) is 0 Å². The summed E-state index contributed by atoms with van der Waals surface area (Å²) in [6, 6.07) is -0.685. The zero-order valence-corrected chi connectivity index (χ0v) is 53.7. The predicted molar refractivity (Wildman–Crippen MR) is 352 cm³/mol. The van der Waals surface area contributed by atoms with Gasteiger partial charge in [-0.3, -0.25) is 9.59 Å². The second kappa shape index (κ2) is 64.9. The average molecular weight is 1160 g/mol. The lowest BCUT2D eigenvalue weighted by atomic mass is 10.1. The van der Waals surface area contributed by atoms with E-state index in [4.69, 9.17) is 22.9 Å². The first-order valence-electron chi connectivity index (χ1n) is 34.6. The minimum absolute atomic E-state index is 0.0797. The number of aliphatic hydroxyl groups excluding tert-OH is 2. The van der Waals surface area contributed by atoms with Crippen LogP contribution in [0.5, 0.6) is 0 Å². The van der Waals surface area contributed by atoms with E-state index in [2.05, 4.69) is 79.9 Å². The van der Waals surface area contributed by atoms with Gasteiger partial charge in [0, 0.05) is 52.4 Å². The topological polar surface area (TPSA) is 257 Å². The van der Waals surface area contributed by atoms with Crippen molar-refractivity contribution in [2.75, 3.05) is 118 Å². The maximum absolute atomic E-state index is 13.5. The van der Waals surface area contributed by atoms with E-state index in [1.54, 1.807) is 0 Å². The van der Waals surface area contributed by atoms with Crippen molar-refractivity contribution in [3.8, 4) is 0 Å². The van der Waals surface area contributed by atoms with Crippen LogP contribution >= 0.6 is 0 Å². The Labute approximate surface area is 505 Å². The molecule has 0 spiro atoms. The van der Waals surface area contributed by atoms with E-state index in [0.717, 1.165) is 104 Å². The van der Waals surface area contributed by atoms with Gasteiger partial charge in [0.05, 0.1) is 24.3 Å². The van der Waals surface area contributed by atoms with E-state index in [-0.39, 0.29) is 37.0 Å². The van der Waals surface area contributed by atoms with Crippen LogP contribution in [-0.4, -0.2) is 174 Å². The first kappa shape index (κ1) is 79.9. The fraction of sp³-hybridized carbons (Fsp3) is 0.909. The number of nitrogens with zero attached hydrogens (tertiary/aromatic N) is 2. The summed E-state index contributed by atoms with van der Waals surface area (Å²) in [6.45, 7) is 16.2. The third-order valence-electron chi connectivity index (χ3n) is 15.6. The molecule has 0 fully saturated rings. The molecule has 0 heterocycles. The summed E-state index contributed by atoms with van der Waals surface area (Å²) in [5.74, 6) is -0.159. The Hall–Kier alpha value is -2.06. The molecule has 0 bridgehead atoms. The van der Waals surface area contributed by atoms with Crippen LogP contribution < -0.4 is 54.8 Å². The monoisotopic (exact) mass is 1160 g/mol. The molecule has 0 saturated heterocycles. The number of aliphatic hydroxyl groups is 2. The SMILES string of the molecule is CCCCCCCC/C=C\CCCCCCCCN(CCCCN(CCCCCCCC/C=C\CCCCCCCC)CC(O)CNC(=O)C(CCCNCCN)NCCCN)CC(O)CNC(=O)C(CCCNCCN)NCCCN. The summed E-state index contributed by atoms with van der Waals surface area (Å²) in [5, 5.41) is 42.4. The number of hydrogen-bond acceptors (Lipinski definition) is 14. The normalized spacial score (nSPS) is 13.5. The van der Waals surface area contributed by atoms with Crippen LogP contribution in [0.25, 0.3) is 0 Å². The van der Waals surface area contributed by atoms with E-state index in [1.807, 2.05) is 0 Å². The quantitative estimate of drug-likeness (QED) is 0.0201. The number of nitrogens with two attached hydrogens (primary N) is 4. The first-order chi connectivity index (χ1) is 40.3. The lowest BCUT2D eigenvalue weighted by Gasteiger charge is -2.28. The summed E-state index contributed by atoms with van der Waals surface area (Å²) in [6.07, 6.45) is 50.3. The Bertz CT molecular complexity index is 1280. The molecule has 16 heteroatoms. The molecular formula is C66H138N12O4. The molecule has 0 saturated carbocycles. The molecule has 0 aliphatic carbocycles. The Morgan fingerprint density at radius 3 is 1.00 bits per heavy atom. The summed E-state index contributed by atoms with van der Waals surface area (Å²) in [5.41, 5.74) is 22.8. The lowest BCUT2D eigenvalue weighted by Crippen LogP contribution is -2.48. The van der Waals surface area contributed by atoms with Gasteiger partial charge in [0.1, 0.15) is 0 Å². The van der Waals surface area contributed by atoms with Crippen molar-refractivity contribution in [3.63, 3.8) is 0 Å². The number of rotatable bonds is 67. The standard InChI is InChI=1S/C66H138N12O4/c1-3-5-7-9-11-13-15-17-19-21-23-25-27-29-31-33-53-77(59-61(79)57-75-65(81)63(73-49-39-43-67)41-37-47-71-51-45-69)55-35-36-56-78(54-34-32-30-28-26-24-22-20-18-16-14-12-10-8-6-4-2)60-62(80)58-76-66(82)64(74-50-40-44-68)42-38-48-72-52-46-70/h17-20,61-64,71-74,79-80H,3-16,21-60,67-70H2,1-2H3,(H,75,81)(H,76,82)/b19-17-,20-18-. The highest BCUT2D eigenvalue weighted by Crippen LogP contribution is 2.14. The number of allylic oxidation sites excluding steroid dienone is 4. The zero-order chi connectivity index (χ0) is 59.9. The fourth-order valence-electron chi connectivity index (χ4n) is 10.6. The minimum Gasteiger partial charge on any atom is -0.390 e. The second-order valence-electron chi connectivity index (χ2n) is 23.6. The van der Waals surface area contributed by atoms with Crippen LogP contribution in [0.4, 0.5) is 0 Å². The summed E-state index contributed by atoms with van der Waals surface area (Å²) < 4.78 is 0. The molecule has 0 aliphatic rings. The molecule has 16 N–H and O–H groups in total. The molecule has 16 nitrogen and oxygen atoms in total. The molecule has 0 aromatic carbocycles. The van der Waals surface area contributed by atoms with Crippen LogP contribution in [0.1, 0.15) is 245 Å². The van der Waals surface area contributed by atoms with Gasteiger partial charge in [0.25, 0.3) is 0 Å². The maximum atomic E-state index is 13.5. The molecule has 82 heavy (non-hydrogen) atoms. The number of carbonyl (C=O) groups is 2. The highest BCUT2D eigenvalue weighted by molar-refractivity contribution is 5.82. The van der Waals surface area contributed by atoms with Gasteiger partial charge >= 0.3 is 0 Å². The molecular weight excluding hydrogens is 1020 g/mol. The number of hydrogen-bond donors (Lipinski definition) is 12. The maximum Gasteiger partial charge on any atom is 0.237 e. The highest BCUT2D eigenvalue weighted by Gasteiger charge is 2.21. The zero-order valence-electron chi connectivity index (χ0n) is 53.7. The third kappa shape index (κ3) is 55.8. The van der Waals surface area contributed by atoms with Crippen molar-refractivity contribution in [3.05, 3.63) is 24.3 Å². The van der Waals surface area contributed by atoms with Crippen molar-refractivity contribution >= 4 is 11.8 Å². The van der Waals surface area contributed by atoms with Gasteiger partial charge in [0.2, 0.25) is 11.8 Å². The van der Waals surface area contributed by atoms with E-state index >= 15 is 0 Å². The predicted octanol–water partition coefficient (Wildman–Crippen LogP) is 8.67. The second-order valence-corrected chi connectivity index (χ2v) is 23.6. The van der Waals surface area contributed by atoms with Gasteiger partial charge < -0.3 is 74.8 Å². The van der Waals surface area contributed by atoms with Crippen molar-refractivity contribution < 1.29 is 19.8 Å². The summed E-state index contributed by atoms with van der Waals surface area (Å²) in [7, 11) is 0. The molecule has 0 aromatic rings. The van der Waals surface area contributed by atoms with Crippen molar-refractivity contribution in [2.45, 2.75) is 269 Å². The first-order valence-corrected chi connectivity index (χ1v) is 34.6. The molecule has 0 radical (unpaired) electrons. The number of carbonyl (C=O) groups excluding carboxylic acids is 2. The van der Waals surface area contributed by atoms with Crippen LogP contribution in [0.2, 0.25) is 0 Å². The van der Waals surface area contributed by atoms with Crippen molar-refractivity contribution in [1.82, 2.24) is 41.7 Å². The van der Waals surface area contributed by atoms with E-state index < -0.39 is 12.2 Å². The highest BCUT2D eigenvalue weighted by atomic mass is 16.3. The Morgan fingerprint density at radius 2 is 0.683 bits per heavy atom. The van der Waals surface area contributed by atoms with Crippen molar-refractivity contribution in [1.29, 1.82) is 0 Å². The Morgan fingerprint density at radius 1 is 0.378 bits per heavy atom. The largest absolute Gasteiger partial charge is 0.390 e. The van der Waals surface area contributed by atoms with Gasteiger partial charge in [-0.25, -0.2) is 0 Å². The van der Waals surface area contributed by atoms with Gasteiger partial charge in [-0.15, -0.1) is 0 Å². The average Bonchev–Trinajstić information content (AvgIpc) is 3.47. The number of unbranched alkanes of at least 4 members (excludes halogenated alkanes) is 25. The Balaban J connectivity index is 5.62. The van der Waals surface area contributed by atoms with Gasteiger partial charge in [-0.05, 0) is 181 Å². The minimum atomic E-state index is -0.689. The molecule has 0 aromatic heterocycles. The molecule has 2 amide bonds. The lowest BCUT2D eigenvalue weighted by molar-refractivity contribution is -0.124. The van der Waals surface area contributed by atoms with E-state index in [1.165, 1.54) is 167 Å². The Kier molecular flexibility index (Phi) is 63.3. The van der Waals surface area contributed by atoms with Crippen LogP contribution in [0.3, 0.4) is 0 Å². The molecule has 486 valence electrons. The third-order valence-corrected chi connectivity index (χ3v) is 15.6. The number of nitrogens with one attached hydrogen (secondary N) is 6. The number of amides is 2. The van der Waals surface area contributed by atoms with Crippen LogP contribution in [-0.2, 0) is 9.59 Å². The van der Waals surface area contributed by atoms with Crippen molar-refractivity contribution in [2.24, 2.45) is 22.9 Å².